The molecule has 0 N–H and O–H groups in total. The summed E-state index contributed by atoms with van der Waals surface area (Å²) in [6, 6.07) is 107. The summed E-state index contributed by atoms with van der Waals surface area (Å²) >= 11 is -3.51. The number of fused-ring (bicyclic) bond motifs is 24. The molecule has 4 heterocycles. The van der Waals surface area contributed by atoms with E-state index in [0.29, 0.717) is 0 Å². The Kier molecular flexibility index (Phi) is 15.9. The summed E-state index contributed by atoms with van der Waals surface area (Å²) in [7, 11) is 0. The van der Waals surface area contributed by atoms with E-state index in [0.717, 1.165) is 0 Å². The molecule has 20 rings (SSSR count). The van der Waals surface area contributed by atoms with Crippen molar-refractivity contribution in [2.45, 2.75) is 0 Å². The van der Waals surface area contributed by atoms with Gasteiger partial charge in [-0.1, -0.05) is 0 Å². The number of hydrogen-bond acceptors (Lipinski definition) is 0. The first-order valence-electron chi connectivity index (χ1n) is 31.5. The molecule has 0 saturated carbocycles. The maximum atomic E-state index is 2.31. The van der Waals surface area contributed by atoms with E-state index < -0.39 is 84.6 Å². The van der Waals surface area contributed by atoms with Gasteiger partial charge in [0, 0.05) is 0 Å². The summed E-state index contributed by atoms with van der Waals surface area (Å²) in [5, 5.41) is 22.5. The second kappa shape index (κ2) is 25.3. The molecule has 0 spiro atoms. The standard InChI is InChI=1S/4C22H14.4Sn/c4*1-3-7-21-15-17(11-13-19(21)5-1)9-10-18-12-14-20-6-2-4-8-22(20)16-18;;;;/h4*1-14H;;;;. The van der Waals surface area contributed by atoms with Crippen molar-refractivity contribution in [3.63, 3.8) is 0 Å². The predicted molar refractivity (Wildman–Crippen MR) is 407 cm³/mol. The van der Waals surface area contributed by atoms with Gasteiger partial charge >= 0.3 is 584 Å². The van der Waals surface area contributed by atoms with Crippen molar-refractivity contribution in [2.75, 3.05) is 0 Å². The zero-order valence-corrected chi connectivity index (χ0v) is 61.7. The zero-order valence-electron chi connectivity index (χ0n) is 50.3. The van der Waals surface area contributed by atoms with Gasteiger partial charge in [0.15, 0.2) is 0 Å². The van der Waals surface area contributed by atoms with E-state index in [2.05, 4.69) is 340 Å². The summed E-state index contributed by atoms with van der Waals surface area (Å²) in [6.07, 6.45) is 18.5. The second-order valence-electron chi connectivity index (χ2n) is 23.8. The van der Waals surface area contributed by atoms with Crippen LogP contribution >= 0.6 is 0 Å². The quantitative estimate of drug-likeness (QED) is 0.133. The molecule has 4 heteroatoms. The van der Waals surface area contributed by atoms with Gasteiger partial charge in [0.05, 0.1) is 0 Å². The second-order valence-corrected chi connectivity index (χ2v) is 38.1. The van der Waals surface area contributed by atoms with Crippen LogP contribution in [-0.2, 0) is 0 Å². The molecule has 0 bridgehead atoms. The minimum absolute atomic E-state index is 0.877. The molecule has 0 aromatic heterocycles. The topological polar surface area (TPSA) is 0 Å². The molecule has 16 aromatic carbocycles. The fourth-order valence-corrected chi connectivity index (χ4v) is 32.0. The van der Waals surface area contributed by atoms with Gasteiger partial charge in [-0.2, -0.15) is 0 Å². The van der Waals surface area contributed by atoms with E-state index in [1.165, 1.54) is 131 Å². The van der Waals surface area contributed by atoms with Crippen molar-refractivity contribution in [3.05, 3.63) is 336 Å². The first-order valence-corrected chi connectivity index (χ1v) is 43.0. The van der Waals surface area contributed by atoms with Crippen LogP contribution in [0.5, 0.6) is 0 Å². The van der Waals surface area contributed by atoms with Crippen LogP contribution in [-0.4, -0.2) is 84.6 Å². The normalized spacial score (nSPS) is 12.9. The number of benzene rings is 16. The van der Waals surface area contributed by atoms with Gasteiger partial charge in [0.2, 0.25) is 0 Å². The fourth-order valence-electron chi connectivity index (χ4n) is 13.8. The summed E-state index contributed by atoms with van der Waals surface area (Å²) in [5.74, 6) is 0. The van der Waals surface area contributed by atoms with Gasteiger partial charge < -0.3 is 0 Å². The first-order chi connectivity index (χ1) is 45.6. The molecule has 0 fully saturated rings. The van der Waals surface area contributed by atoms with Gasteiger partial charge in [-0.15, -0.1) is 0 Å². The minimum atomic E-state index is -0.877. The predicted octanol–water partition coefficient (Wildman–Crippen LogP) is 16.5. The average molecular weight is 1590 g/mol. The molecule has 0 unspecified atom stereocenters. The Hall–Kier alpha value is -8.25. The fraction of sp³-hybridized carbons (Fsp3) is 0. The molecule has 0 atom stereocenters. The SMILES string of the molecule is C1=Cc2ccc3ccccc3[c]2[Sn][c]2c1ccc1ccccc21.C1=Cc2ccc3ccccc3[c]2[Sn][c]2c1ccc1ccccc21.C1=Cc2ccc3ccccc3[c]2[Sn][c]2c1ccc1ccccc21.C1=Cc2ccc3ccccc3[c]2[Sn][c]2c1ccc1ccccc21. The maximum absolute atomic E-state index is 2.31. The molecule has 424 valence electrons. The van der Waals surface area contributed by atoms with Crippen molar-refractivity contribution >= 4 is 248 Å². The molecule has 4 aliphatic rings. The van der Waals surface area contributed by atoms with E-state index in [-0.39, 0.29) is 0 Å². The van der Waals surface area contributed by atoms with E-state index in [1.807, 2.05) is 0 Å². The van der Waals surface area contributed by atoms with Crippen molar-refractivity contribution in [1.82, 2.24) is 0 Å². The van der Waals surface area contributed by atoms with E-state index in [1.54, 1.807) is 28.6 Å². The van der Waals surface area contributed by atoms with Crippen LogP contribution in [0, 0.1) is 0 Å². The van der Waals surface area contributed by atoms with E-state index >= 15 is 0 Å². The van der Waals surface area contributed by atoms with Crippen LogP contribution in [0.3, 0.4) is 0 Å². The van der Waals surface area contributed by atoms with Crippen molar-refractivity contribution in [1.29, 1.82) is 0 Å². The number of rotatable bonds is 0. The van der Waals surface area contributed by atoms with E-state index in [9.17, 15) is 0 Å². The number of hydrogen-bond donors (Lipinski definition) is 0. The Morgan fingerprint density at radius 2 is 0.239 bits per heavy atom. The Morgan fingerprint density at radius 1 is 0.120 bits per heavy atom. The summed E-state index contributed by atoms with van der Waals surface area (Å²) in [5.41, 5.74) is 11.3. The summed E-state index contributed by atoms with van der Waals surface area (Å²) < 4.78 is 12.9. The van der Waals surface area contributed by atoms with Crippen LogP contribution < -0.4 is 28.6 Å². The monoisotopic (exact) mass is 1590 g/mol. The van der Waals surface area contributed by atoms with Crippen LogP contribution in [0.4, 0.5) is 0 Å². The summed E-state index contributed by atoms with van der Waals surface area (Å²) in [6.45, 7) is 0. The van der Waals surface area contributed by atoms with E-state index in [4.69, 9.17) is 0 Å². The van der Waals surface area contributed by atoms with Crippen LogP contribution in [0.15, 0.2) is 291 Å². The Bertz CT molecular complexity index is 4720. The Balaban J connectivity index is 0.0000000939. The van der Waals surface area contributed by atoms with Crippen molar-refractivity contribution < 1.29 is 0 Å². The molecule has 0 saturated heterocycles. The average Bonchev–Trinajstić information content (AvgIpc) is 1.67. The van der Waals surface area contributed by atoms with Crippen LogP contribution in [0.1, 0.15) is 44.5 Å². The third-order valence-corrected chi connectivity index (χ3v) is 36.9. The molecule has 0 nitrogen and oxygen atoms in total. The van der Waals surface area contributed by atoms with Gasteiger partial charge in [0.25, 0.3) is 0 Å². The van der Waals surface area contributed by atoms with Crippen LogP contribution in [0.2, 0.25) is 0 Å². The molecule has 4 aliphatic heterocycles. The zero-order chi connectivity index (χ0) is 60.9. The molecule has 0 amide bonds. The Labute approximate surface area is 577 Å². The Morgan fingerprint density at radius 3 is 0.370 bits per heavy atom. The summed E-state index contributed by atoms with van der Waals surface area (Å²) in [4.78, 5) is 0. The third kappa shape index (κ3) is 11.0. The van der Waals surface area contributed by atoms with Crippen LogP contribution in [0.25, 0.3) is 135 Å². The van der Waals surface area contributed by atoms with Crippen molar-refractivity contribution in [2.24, 2.45) is 0 Å². The van der Waals surface area contributed by atoms with Gasteiger partial charge in [0.1, 0.15) is 0 Å². The molecular formula is C88H56Sn4. The third-order valence-electron chi connectivity index (χ3n) is 18.5. The molecule has 92 heavy (non-hydrogen) atoms. The first kappa shape index (κ1) is 57.6. The molecular weight excluding hydrogens is 1530 g/mol. The molecule has 0 aliphatic carbocycles. The molecule has 16 aromatic rings. The van der Waals surface area contributed by atoms with Gasteiger partial charge in [-0.25, -0.2) is 0 Å². The van der Waals surface area contributed by atoms with Gasteiger partial charge in [-0.3, -0.25) is 0 Å². The van der Waals surface area contributed by atoms with Crippen molar-refractivity contribution in [3.8, 4) is 0 Å². The molecule has 8 radical (unpaired) electrons. The van der Waals surface area contributed by atoms with Gasteiger partial charge in [-0.05, 0) is 0 Å².